The molecule has 0 aromatic heterocycles. The fraction of sp³-hybridized carbons (Fsp3) is 0.562. The van der Waals surface area contributed by atoms with Crippen molar-refractivity contribution in [1.29, 1.82) is 0 Å². The highest BCUT2D eigenvalue weighted by Gasteiger charge is 2.25. The molecule has 0 bridgehead atoms. The molecular formula is C16H27NO2. The third kappa shape index (κ3) is 5.43. The van der Waals surface area contributed by atoms with Crippen molar-refractivity contribution >= 4 is 5.97 Å². The molecule has 1 aliphatic carbocycles. The van der Waals surface area contributed by atoms with E-state index in [4.69, 9.17) is 10.5 Å². The molecule has 1 aromatic carbocycles. The van der Waals surface area contributed by atoms with Gasteiger partial charge in [0.2, 0.25) is 0 Å². The molecule has 1 aliphatic rings. The van der Waals surface area contributed by atoms with Crippen molar-refractivity contribution in [3.8, 4) is 0 Å². The van der Waals surface area contributed by atoms with E-state index in [0.29, 0.717) is 6.61 Å². The van der Waals surface area contributed by atoms with Gasteiger partial charge in [-0.2, -0.15) is 0 Å². The van der Waals surface area contributed by atoms with E-state index in [-0.39, 0.29) is 32.8 Å². The Kier molecular flexibility index (Phi) is 8.08. The zero-order valence-electron chi connectivity index (χ0n) is 9.97. The van der Waals surface area contributed by atoms with Crippen molar-refractivity contribution in [3.05, 3.63) is 35.9 Å². The van der Waals surface area contributed by atoms with E-state index in [0.717, 1.165) is 31.2 Å². The van der Waals surface area contributed by atoms with Crippen molar-refractivity contribution in [2.75, 3.05) is 0 Å². The number of hydrogen-bond donors (Lipinski definition) is 1. The second-order valence-corrected chi connectivity index (χ2v) is 4.71. The summed E-state index contributed by atoms with van der Waals surface area (Å²) in [6.07, 6.45) is 3.61. The molecule has 2 N–H and O–H groups in total. The molecule has 0 unspecified atom stereocenters. The van der Waals surface area contributed by atoms with E-state index in [2.05, 4.69) is 0 Å². The maximum absolute atomic E-state index is 11.8. The molecule has 0 radical (unpaired) electrons. The van der Waals surface area contributed by atoms with Gasteiger partial charge in [-0.3, -0.25) is 4.79 Å². The molecule has 0 aliphatic heterocycles. The average molecular weight is 265 g/mol. The second kappa shape index (κ2) is 8.70. The molecule has 1 saturated carbocycles. The van der Waals surface area contributed by atoms with E-state index in [1.165, 1.54) is 0 Å². The fourth-order valence-electron chi connectivity index (χ4n) is 2.20. The third-order valence-corrected chi connectivity index (χ3v) is 3.33. The SMILES string of the molecule is C.C.NC1CCC(C(=O)OCc2ccccc2)CC1. The lowest BCUT2D eigenvalue weighted by Gasteiger charge is -2.24. The zero-order chi connectivity index (χ0) is 12.1. The minimum atomic E-state index is -0.0687. The summed E-state index contributed by atoms with van der Waals surface area (Å²) < 4.78 is 5.32. The predicted molar refractivity (Wildman–Crippen MR) is 79.6 cm³/mol. The molecule has 1 aromatic rings. The molecule has 0 atom stereocenters. The normalized spacial score (nSPS) is 21.7. The first-order chi connectivity index (χ1) is 8.25. The highest BCUT2D eigenvalue weighted by atomic mass is 16.5. The van der Waals surface area contributed by atoms with Crippen LogP contribution in [0.2, 0.25) is 0 Å². The van der Waals surface area contributed by atoms with Crippen LogP contribution in [-0.2, 0) is 16.1 Å². The summed E-state index contributed by atoms with van der Waals surface area (Å²) in [5, 5.41) is 0. The van der Waals surface area contributed by atoms with Crippen LogP contribution in [0.3, 0.4) is 0 Å². The predicted octanol–water partition coefficient (Wildman–Crippen LogP) is 3.52. The van der Waals surface area contributed by atoms with E-state index in [1.54, 1.807) is 0 Å². The van der Waals surface area contributed by atoms with Gasteiger partial charge in [0.05, 0.1) is 5.92 Å². The Bertz CT molecular complexity index is 356. The lowest BCUT2D eigenvalue weighted by atomic mass is 9.86. The van der Waals surface area contributed by atoms with Crippen molar-refractivity contribution in [3.63, 3.8) is 0 Å². The Morgan fingerprint density at radius 3 is 2.26 bits per heavy atom. The highest BCUT2D eigenvalue weighted by Crippen LogP contribution is 2.24. The topological polar surface area (TPSA) is 52.3 Å². The maximum atomic E-state index is 11.8. The molecule has 2 rings (SSSR count). The van der Waals surface area contributed by atoms with Gasteiger partial charge in [-0.1, -0.05) is 45.2 Å². The Hall–Kier alpha value is -1.35. The summed E-state index contributed by atoms with van der Waals surface area (Å²) in [5.74, 6) is -0.0146. The van der Waals surface area contributed by atoms with E-state index < -0.39 is 0 Å². The van der Waals surface area contributed by atoms with Crippen molar-refractivity contribution < 1.29 is 9.53 Å². The molecule has 3 nitrogen and oxygen atoms in total. The Morgan fingerprint density at radius 2 is 1.68 bits per heavy atom. The molecular weight excluding hydrogens is 238 g/mol. The summed E-state index contributed by atoms with van der Waals surface area (Å²) in [6, 6.07) is 10.0. The molecule has 108 valence electrons. The first kappa shape index (κ1) is 17.6. The third-order valence-electron chi connectivity index (χ3n) is 3.33. The summed E-state index contributed by atoms with van der Waals surface area (Å²) in [6.45, 7) is 0.377. The Balaban J connectivity index is 0.00000162. The second-order valence-electron chi connectivity index (χ2n) is 4.71. The van der Waals surface area contributed by atoms with Crippen LogP contribution in [0.25, 0.3) is 0 Å². The van der Waals surface area contributed by atoms with Crippen LogP contribution in [0, 0.1) is 5.92 Å². The lowest BCUT2D eigenvalue weighted by Crippen LogP contribution is -2.30. The number of rotatable bonds is 3. The van der Waals surface area contributed by atoms with Crippen LogP contribution in [0.15, 0.2) is 30.3 Å². The number of ether oxygens (including phenoxy) is 1. The molecule has 3 heteroatoms. The van der Waals surface area contributed by atoms with Gasteiger partial charge < -0.3 is 10.5 Å². The van der Waals surface area contributed by atoms with Crippen LogP contribution in [0.5, 0.6) is 0 Å². The summed E-state index contributed by atoms with van der Waals surface area (Å²) >= 11 is 0. The molecule has 0 amide bonds. The van der Waals surface area contributed by atoms with Gasteiger partial charge in [0, 0.05) is 6.04 Å². The first-order valence-electron chi connectivity index (χ1n) is 6.22. The smallest absolute Gasteiger partial charge is 0.309 e. The van der Waals surface area contributed by atoms with Gasteiger partial charge in [0.1, 0.15) is 6.61 Å². The van der Waals surface area contributed by atoms with Crippen LogP contribution in [-0.4, -0.2) is 12.0 Å². The molecule has 0 saturated heterocycles. The van der Waals surface area contributed by atoms with Gasteiger partial charge in [0.15, 0.2) is 0 Å². The quantitative estimate of drug-likeness (QED) is 0.851. The summed E-state index contributed by atoms with van der Waals surface area (Å²) in [5.41, 5.74) is 6.85. The summed E-state index contributed by atoms with van der Waals surface area (Å²) in [7, 11) is 0. The highest BCUT2D eigenvalue weighted by molar-refractivity contribution is 5.72. The van der Waals surface area contributed by atoms with Crippen molar-refractivity contribution in [2.24, 2.45) is 11.7 Å². The van der Waals surface area contributed by atoms with E-state index in [9.17, 15) is 4.79 Å². The molecule has 19 heavy (non-hydrogen) atoms. The number of carbonyl (C=O) groups excluding carboxylic acids is 1. The number of esters is 1. The van der Waals surface area contributed by atoms with Crippen LogP contribution in [0.1, 0.15) is 46.1 Å². The van der Waals surface area contributed by atoms with Crippen molar-refractivity contribution in [2.45, 2.75) is 53.2 Å². The van der Waals surface area contributed by atoms with Gasteiger partial charge >= 0.3 is 5.97 Å². The maximum Gasteiger partial charge on any atom is 0.309 e. The molecule has 0 spiro atoms. The van der Waals surface area contributed by atoms with Crippen LogP contribution >= 0.6 is 0 Å². The van der Waals surface area contributed by atoms with Gasteiger partial charge in [-0.05, 0) is 31.2 Å². The van der Waals surface area contributed by atoms with Gasteiger partial charge in [-0.25, -0.2) is 0 Å². The number of hydrogen-bond acceptors (Lipinski definition) is 3. The van der Waals surface area contributed by atoms with Crippen LogP contribution in [0.4, 0.5) is 0 Å². The Morgan fingerprint density at radius 1 is 1.11 bits per heavy atom. The number of carbonyl (C=O) groups is 1. The fourth-order valence-corrected chi connectivity index (χ4v) is 2.20. The zero-order valence-corrected chi connectivity index (χ0v) is 9.97. The standard InChI is InChI=1S/C14H19NO2.2CH4/c15-13-8-6-12(7-9-13)14(16)17-10-11-4-2-1-3-5-11;;/h1-5,12-13H,6-10,15H2;2*1H4. The lowest BCUT2D eigenvalue weighted by molar-refractivity contribution is -0.151. The number of nitrogens with two attached hydrogens (primary N) is 1. The van der Waals surface area contributed by atoms with Crippen molar-refractivity contribution in [1.82, 2.24) is 0 Å². The van der Waals surface area contributed by atoms with Gasteiger partial charge in [0.25, 0.3) is 0 Å². The first-order valence-corrected chi connectivity index (χ1v) is 6.22. The monoisotopic (exact) mass is 265 g/mol. The molecule has 0 heterocycles. The number of benzene rings is 1. The van der Waals surface area contributed by atoms with Crippen LogP contribution < -0.4 is 5.73 Å². The minimum absolute atomic E-state index is 0. The molecule has 1 fully saturated rings. The Labute approximate surface area is 117 Å². The van der Waals surface area contributed by atoms with E-state index >= 15 is 0 Å². The van der Waals surface area contributed by atoms with E-state index in [1.807, 2.05) is 30.3 Å². The largest absolute Gasteiger partial charge is 0.461 e. The average Bonchev–Trinajstić information content (AvgIpc) is 2.38. The van der Waals surface area contributed by atoms with Gasteiger partial charge in [-0.15, -0.1) is 0 Å². The minimum Gasteiger partial charge on any atom is -0.461 e. The summed E-state index contributed by atoms with van der Waals surface area (Å²) in [4.78, 5) is 11.8.